The van der Waals surface area contributed by atoms with Crippen molar-refractivity contribution in [1.82, 2.24) is 5.32 Å². The number of benzene rings is 1. The fourth-order valence-corrected chi connectivity index (χ4v) is 3.32. The van der Waals surface area contributed by atoms with Crippen LogP contribution in [-0.2, 0) is 9.59 Å². The number of hydrogen-bond donors (Lipinski definition) is 1. The summed E-state index contributed by atoms with van der Waals surface area (Å²) in [6.07, 6.45) is 3.79. The lowest BCUT2D eigenvalue weighted by Gasteiger charge is -2.45. The van der Waals surface area contributed by atoms with Crippen molar-refractivity contribution in [3.05, 3.63) is 29.8 Å². The number of hydrogen-bond acceptors (Lipinski definition) is 3. The van der Waals surface area contributed by atoms with Crippen molar-refractivity contribution < 1.29 is 23.1 Å². The first-order chi connectivity index (χ1) is 10.5. The number of carbonyl (C=O) groups is 2. The van der Waals surface area contributed by atoms with Gasteiger partial charge < -0.3 is 10.1 Å². The Kier molecular flexibility index (Phi) is 3.85. The second-order valence-corrected chi connectivity index (χ2v) is 6.07. The Morgan fingerprint density at radius 2 is 2.00 bits per heavy atom. The molecule has 4 rings (SSSR count). The van der Waals surface area contributed by atoms with E-state index in [-0.39, 0.29) is 18.1 Å². The van der Waals surface area contributed by atoms with Gasteiger partial charge in [0.2, 0.25) is 0 Å². The highest BCUT2D eigenvalue weighted by molar-refractivity contribution is 5.94. The molecule has 2 bridgehead atoms. The van der Waals surface area contributed by atoms with Gasteiger partial charge in [-0.3, -0.25) is 9.59 Å². The number of Topliss-reactive ketones (excluding diaryl/α,β-unsaturated/α-hetero) is 1. The highest BCUT2D eigenvalue weighted by Crippen LogP contribution is 2.41. The van der Waals surface area contributed by atoms with Gasteiger partial charge in [-0.15, -0.1) is 0 Å². The van der Waals surface area contributed by atoms with Gasteiger partial charge >= 0.3 is 0 Å². The maximum Gasteiger partial charge on any atom is 0.258 e. The third-order valence-electron chi connectivity index (χ3n) is 4.61. The van der Waals surface area contributed by atoms with Crippen molar-refractivity contribution in [2.24, 2.45) is 5.92 Å². The van der Waals surface area contributed by atoms with Crippen LogP contribution in [0.4, 0.5) is 8.78 Å². The summed E-state index contributed by atoms with van der Waals surface area (Å²) in [5, 5.41) is 2.78. The fraction of sp³-hybridized carbons (Fsp3) is 0.500. The number of ketones is 1. The first kappa shape index (κ1) is 14.9. The molecule has 1 aromatic carbocycles. The molecule has 118 valence electrons. The zero-order chi connectivity index (χ0) is 15.7. The van der Waals surface area contributed by atoms with Gasteiger partial charge in [0.05, 0.1) is 5.54 Å². The topological polar surface area (TPSA) is 55.4 Å². The van der Waals surface area contributed by atoms with E-state index in [1.165, 1.54) is 6.07 Å². The molecule has 22 heavy (non-hydrogen) atoms. The number of carbonyl (C=O) groups excluding carboxylic acids is 2. The Labute approximate surface area is 126 Å². The van der Waals surface area contributed by atoms with E-state index in [2.05, 4.69) is 5.32 Å². The van der Waals surface area contributed by atoms with Crippen LogP contribution in [0, 0.1) is 17.6 Å². The van der Waals surface area contributed by atoms with Gasteiger partial charge in [-0.1, -0.05) is 0 Å². The summed E-state index contributed by atoms with van der Waals surface area (Å²) in [6, 6.07) is 3.08. The van der Waals surface area contributed by atoms with Crippen molar-refractivity contribution >= 4 is 11.7 Å². The van der Waals surface area contributed by atoms with Crippen molar-refractivity contribution in [2.45, 2.75) is 37.6 Å². The Balaban J connectivity index is 1.58. The maximum atomic E-state index is 13.0. The first-order valence-corrected chi connectivity index (χ1v) is 7.41. The normalized spacial score (nSPS) is 26.8. The predicted molar refractivity (Wildman–Crippen MR) is 74.3 cm³/mol. The van der Waals surface area contributed by atoms with Crippen molar-refractivity contribution in [2.75, 3.05) is 6.61 Å². The van der Waals surface area contributed by atoms with Crippen LogP contribution in [-0.4, -0.2) is 23.8 Å². The highest BCUT2D eigenvalue weighted by Gasteiger charge is 2.47. The Morgan fingerprint density at radius 3 is 2.64 bits per heavy atom. The van der Waals surface area contributed by atoms with E-state index in [1.54, 1.807) is 0 Å². The average molecular weight is 309 g/mol. The maximum absolute atomic E-state index is 13.0. The molecule has 1 N–H and O–H groups in total. The van der Waals surface area contributed by atoms with Crippen LogP contribution in [0.1, 0.15) is 32.1 Å². The monoisotopic (exact) mass is 309 g/mol. The lowest BCUT2D eigenvalue weighted by Crippen LogP contribution is -2.60. The third kappa shape index (κ3) is 2.82. The fourth-order valence-electron chi connectivity index (χ4n) is 3.32. The number of nitrogens with one attached hydrogen (secondary N) is 1. The van der Waals surface area contributed by atoms with Gasteiger partial charge in [0.1, 0.15) is 5.75 Å². The first-order valence-electron chi connectivity index (χ1n) is 7.41. The van der Waals surface area contributed by atoms with E-state index in [0.29, 0.717) is 25.2 Å². The summed E-state index contributed by atoms with van der Waals surface area (Å²) in [4.78, 5) is 24.1. The molecule has 0 saturated heterocycles. The smallest absolute Gasteiger partial charge is 0.258 e. The Bertz CT molecular complexity index is 609. The van der Waals surface area contributed by atoms with Gasteiger partial charge in [-0.05, 0) is 43.7 Å². The van der Waals surface area contributed by atoms with E-state index in [1.807, 2.05) is 0 Å². The van der Waals surface area contributed by atoms with Crippen LogP contribution in [0.25, 0.3) is 0 Å². The minimum Gasteiger partial charge on any atom is -0.484 e. The molecule has 1 aromatic rings. The second kappa shape index (κ2) is 5.66. The summed E-state index contributed by atoms with van der Waals surface area (Å²) < 4.78 is 31.0. The summed E-state index contributed by atoms with van der Waals surface area (Å²) in [6.45, 7) is -0.330. The van der Waals surface area contributed by atoms with Crippen molar-refractivity contribution in [3.63, 3.8) is 0 Å². The largest absolute Gasteiger partial charge is 0.484 e. The lowest BCUT2D eigenvalue weighted by atomic mass is 9.65. The van der Waals surface area contributed by atoms with E-state index >= 15 is 0 Å². The van der Waals surface area contributed by atoms with E-state index in [9.17, 15) is 18.4 Å². The van der Waals surface area contributed by atoms with Gasteiger partial charge in [0, 0.05) is 12.5 Å². The number of fused-ring (bicyclic) bond motifs is 3. The van der Waals surface area contributed by atoms with Gasteiger partial charge in [-0.2, -0.15) is 0 Å². The molecule has 0 unspecified atom stereocenters. The lowest BCUT2D eigenvalue weighted by molar-refractivity contribution is -0.139. The molecule has 4 nitrogen and oxygen atoms in total. The molecule has 0 spiro atoms. The predicted octanol–water partition coefficient (Wildman–Crippen LogP) is 2.36. The van der Waals surface area contributed by atoms with Gasteiger partial charge in [0.15, 0.2) is 24.0 Å². The SMILES string of the molecule is O=C(COc1ccc(F)c(F)c1)NC12CCC(CC1)CC2=O. The number of halogens is 2. The Hall–Kier alpha value is -1.98. The Morgan fingerprint density at radius 1 is 1.27 bits per heavy atom. The molecule has 3 fully saturated rings. The van der Waals surface area contributed by atoms with Crippen molar-refractivity contribution in [1.29, 1.82) is 0 Å². The highest BCUT2D eigenvalue weighted by atomic mass is 19.2. The molecule has 0 aromatic heterocycles. The summed E-state index contributed by atoms with van der Waals surface area (Å²) in [5.74, 6) is -1.79. The molecular weight excluding hydrogens is 292 g/mol. The van der Waals surface area contributed by atoms with Crippen LogP contribution >= 0.6 is 0 Å². The number of amides is 1. The van der Waals surface area contributed by atoms with Gasteiger partial charge in [-0.25, -0.2) is 8.78 Å². The molecular formula is C16H17F2NO3. The van der Waals surface area contributed by atoms with E-state index < -0.39 is 23.1 Å². The average Bonchev–Trinajstić information content (AvgIpc) is 2.50. The molecule has 3 saturated carbocycles. The molecule has 0 radical (unpaired) electrons. The second-order valence-electron chi connectivity index (χ2n) is 6.07. The molecule has 0 aliphatic heterocycles. The summed E-state index contributed by atoms with van der Waals surface area (Å²) in [5.41, 5.74) is -0.747. The minimum absolute atomic E-state index is 0.0743. The molecule has 3 aliphatic rings. The molecule has 6 heteroatoms. The summed E-state index contributed by atoms with van der Waals surface area (Å²) >= 11 is 0. The van der Waals surface area contributed by atoms with Crippen molar-refractivity contribution in [3.8, 4) is 5.75 Å². The van der Waals surface area contributed by atoms with Gasteiger partial charge in [0.25, 0.3) is 5.91 Å². The zero-order valence-corrected chi connectivity index (χ0v) is 12.0. The van der Waals surface area contributed by atoms with Crippen LogP contribution in [0.2, 0.25) is 0 Å². The molecule has 1 amide bonds. The van der Waals surface area contributed by atoms with Crippen LogP contribution < -0.4 is 10.1 Å². The molecule has 3 aliphatic carbocycles. The number of ether oxygens (including phenoxy) is 1. The molecule has 0 heterocycles. The quantitative estimate of drug-likeness (QED) is 0.929. The molecule has 0 atom stereocenters. The summed E-state index contributed by atoms with van der Waals surface area (Å²) in [7, 11) is 0. The minimum atomic E-state index is -1.03. The van der Waals surface area contributed by atoms with Crippen LogP contribution in [0.15, 0.2) is 18.2 Å². The van der Waals surface area contributed by atoms with Crippen LogP contribution in [0.5, 0.6) is 5.75 Å². The zero-order valence-electron chi connectivity index (χ0n) is 12.0. The van der Waals surface area contributed by atoms with Crippen LogP contribution in [0.3, 0.4) is 0 Å². The third-order valence-corrected chi connectivity index (χ3v) is 4.61. The number of rotatable bonds is 4. The van der Waals surface area contributed by atoms with E-state index in [4.69, 9.17) is 4.74 Å². The van der Waals surface area contributed by atoms with E-state index in [0.717, 1.165) is 25.0 Å². The standard InChI is InChI=1S/C16H17F2NO3/c17-12-2-1-11(8-13(12)18)22-9-15(21)19-16-5-3-10(4-6-16)7-14(16)20/h1-2,8,10H,3-7,9H2,(H,19,21).